The van der Waals surface area contributed by atoms with E-state index in [0.29, 0.717) is 28.2 Å². The maximum atomic E-state index is 14.6. The normalized spacial score (nSPS) is 14.0. The third-order valence-electron chi connectivity index (χ3n) is 8.42. The van der Waals surface area contributed by atoms with Gasteiger partial charge in [0.25, 0.3) is 0 Å². The van der Waals surface area contributed by atoms with Crippen molar-refractivity contribution in [2.45, 2.75) is 32.1 Å². The summed E-state index contributed by atoms with van der Waals surface area (Å²) in [4.78, 5) is 25.1. The van der Waals surface area contributed by atoms with Crippen LogP contribution in [0.25, 0.3) is 55.6 Å². The summed E-state index contributed by atoms with van der Waals surface area (Å²) in [6.07, 6.45) is 10.5. The number of amides is 1. The number of rotatable bonds is 8. The highest BCUT2D eigenvalue weighted by Crippen LogP contribution is 2.35. The van der Waals surface area contributed by atoms with Crippen molar-refractivity contribution in [3.63, 3.8) is 0 Å². The van der Waals surface area contributed by atoms with Gasteiger partial charge in [-0.15, -0.1) is 0 Å². The molecule has 0 bridgehead atoms. The van der Waals surface area contributed by atoms with Gasteiger partial charge in [0.05, 0.1) is 34.5 Å². The van der Waals surface area contributed by atoms with Crippen molar-refractivity contribution in [1.82, 2.24) is 25.1 Å². The average Bonchev–Trinajstić information content (AvgIpc) is 3.79. The fourth-order valence-electron chi connectivity index (χ4n) is 6.14. The number of sulfone groups is 1. The van der Waals surface area contributed by atoms with Crippen LogP contribution >= 0.6 is 0 Å². The minimum absolute atomic E-state index is 0.0510. The predicted octanol–water partition coefficient (Wildman–Crippen LogP) is 6.69. The Kier molecular flexibility index (Phi) is 7.40. The van der Waals surface area contributed by atoms with Crippen LogP contribution in [0.15, 0.2) is 73.2 Å². The lowest BCUT2D eigenvalue weighted by Crippen LogP contribution is -2.20. The molecule has 11 heteroatoms. The zero-order chi connectivity index (χ0) is 31.1. The second-order valence-corrected chi connectivity index (χ2v) is 14.1. The second kappa shape index (κ2) is 11.6. The zero-order valence-electron chi connectivity index (χ0n) is 24.6. The van der Waals surface area contributed by atoms with Crippen molar-refractivity contribution in [2.24, 2.45) is 5.92 Å². The summed E-state index contributed by atoms with van der Waals surface area (Å²) in [7, 11) is -3.19. The number of halogens is 1. The standard InChI is InChI=1S/C34H31FN6O3S/c1-45(43,44)11-9-20-12-23(14-25(35)13-20)32-28-17-31(39-29(28)8-10-37-32)33-27-16-22(6-7-30(27)40-41-33)24-15-26(19-36-18-24)38-34(42)21-4-2-3-5-21/h6-8,10,12-19,21,39H,2-5,9,11H2,1H3,(H,38,42)(H,40,41). The second-order valence-electron chi connectivity index (χ2n) is 11.8. The van der Waals surface area contributed by atoms with Gasteiger partial charge >= 0.3 is 0 Å². The maximum absolute atomic E-state index is 14.6. The molecule has 0 unspecified atom stereocenters. The van der Waals surface area contributed by atoms with E-state index >= 15 is 0 Å². The molecule has 2 aromatic carbocycles. The molecule has 4 heterocycles. The van der Waals surface area contributed by atoms with Crippen molar-refractivity contribution < 1.29 is 17.6 Å². The van der Waals surface area contributed by atoms with Crippen LogP contribution in [0.3, 0.4) is 0 Å². The van der Waals surface area contributed by atoms with Crippen molar-refractivity contribution in [3.8, 4) is 33.8 Å². The first-order valence-electron chi connectivity index (χ1n) is 14.9. The summed E-state index contributed by atoms with van der Waals surface area (Å²) in [6.45, 7) is 0. The Balaban J connectivity index is 1.22. The molecule has 0 atom stereocenters. The molecular formula is C34H31FN6O3S. The molecule has 9 nitrogen and oxygen atoms in total. The third-order valence-corrected chi connectivity index (χ3v) is 9.37. The number of aryl methyl sites for hydroxylation is 1. The third kappa shape index (κ3) is 6.08. The van der Waals surface area contributed by atoms with Crippen LogP contribution in [-0.2, 0) is 21.1 Å². The number of fused-ring (bicyclic) bond motifs is 2. The highest BCUT2D eigenvalue weighted by atomic mass is 32.2. The number of benzene rings is 2. The molecule has 7 rings (SSSR count). The lowest BCUT2D eigenvalue weighted by Gasteiger charge is -2.11. The Morgan fingerprint density at radius 1 is 0.933 bits per heavy atom. The van der Waals surface area contributed by atoms with Crippen LogP contribution in [0.5, 0.6) is 0 Å². The number of carbonyl (C=O) groups is 1. The van der Waals surface area contributed by atoms with Gasteiger partial charge in [-0.05, 0) is 78.9 Å². The summed E-state index contributed by atoms with van der Waals surface area (Å²) in [5.74, 6) is -0.401. The molecule has 0 spiro atoms. The smallest absolute Gasteiger partial charge is 0.227 e. The summed E-state index contributed by atoms with van der Waals surface area (Å²) in [6, 6.07) is 16.3. The van der Waals surface area contributed by atoms with Crippen LogP contribution in [0.4, 0.5) is 10.1 Å². The van der Waals surface area contributed by atoms with Gasteiger partial charge in [0.15, 0.2) is 0 Å². The summed E-state index contributed by atoms with van der Waals surface area (Å²) in [5, 5.41) is 12.4. The van der Waals surface area contributed by atoms with E-state index in [0.717, 1.165) is 64.3 Å². The molecule has 1 fully saturated rings. The zero-order valence-corrected chi connectivity index (χ0v) is 25.4. The van der Waals surface area contributed by atoms with Gasteiger partial charge in [0.1, 0.15) is 21.3 Å². The Morgan fingerprint density at radius 2 is 1.76 bits per heavy atom. The van der Waals surface area contributed by atoms with Gasteiger partial charge in [-0.3, -0.25) is 19.9 Å². The van der Waals surface area contributed by atoms with E-state index < -0.39 is 15.7 Å². The predicted molar refractivity (Wildman–Crippen MR) is 174 cm³/mol. The van der Waals surface area contributed by atoms with E-state index in [-0.39, 0.29) is 24.0 Å². The Hall–Kier alpha value is -4.90. The summed E-state index contributed by atoms with van der Waals surface area (Å²) in [5.41, 5.74) is 7.33. The van der Waals surface area contributed by atoms with Crippen molar-refractivity contribution in [2.75, 3.05) is 17.3 Å². The number of hydrogen-bond acceptors (Lipinski definition) is 6. The number of aromatic amines is 2. The molecule has 3 N–H and O–H groups in total. The molecule has 1 saturated carbocycles. The lowest BCUT2D eigenvalue weighted by molar-refractivity contribution is -0.119. The number of H-pyrrole nitrogens is 2. The lowest BCUT2D eigenvalue weighted by atomic mass is 10.0. The topological polar surface area (TPSA) is 133 Å². The van der Waals surface area contributed by atoms with E-state index in [9.17, 15) is 17.6 Å². The minimum atomic E-state index is -3.19. The highest BCUT2D eigenvalue weighted by molar-refractivity contribution is 7.90. The van der Waals surface area contributed by atoms with Gasteiger partial charge in [0, 0.05) is 52.0 Å². The van der Waals surface area contributed by atoms with Gasteiger partial charge in [-0.1, -0.05) is 18.9 Å². The molecule has 0 saturated heterocycles. The number of nitrogens with zero attached hydrogens (tertiary/aromatic N) is 3. The van der Waals surface area contributed by atoms with Gasteiger partial charge in [0.2, 0.25) is 5.91 Å². The van der Waals surface area contributed by atoms with Crippen molar-refractivity contribution in [1.29, 1.82) is 0 Å². The molecule has 4 aromatic heterocycles. The SMILES string of the molecule is CS(=O)(=O)CCc1cc(F)cc(-c2nccc3[nH]c(-c4n[nH]c5ccc(-c6cncc(NC(=O)C7CCCC7)c6)cc45)cc23)c1. The number of pyridine rings is 2. The quantitative estimate of drug-likeness (QED) is 0.173. The number of anilines is 1. The fraction of sp³-hybridized carbons (Fsp3) is 0.235. The fourth-order valence-corrected chi connectivity index (χ4v) is 6.75. The Morgan fingerprint density at radius 3 is 2.58 bits per heavy atom. The molecule has 1 aliphatic rings. The molecule has 0 radical (unpaired) electrons. The monoisotopic (exact) mass is 622 g/mol. The van der Waals surface area contributed by atoms with E-state index in [2.05, 4.69) is 30.5 Å². The molecule has 1 aliphatic carbocycles. The number of nitrogens with one attached hydrogen (secondary N) is 3. The summed E-state index contributed by atoms with van der Waals surface area (Å²) < 4.78 is 38.0. The first-order valence-corrected chi connectivity index (χ1v) is 17.0. The molecule has 45 heavy (non-hydrogen) atoms. The Bertz CT molecular complexity index is 2180. The Labute approximate surface area is 259 Å². The van der Waals surface area contributed by atoms with Crippen LogP contribution in [0.2, 0.25) is 0 Å². The first-order chi connectivity index (χ1) is 21.7. The van der Waals surface area contributed by atoms with Crippen molar-refractivity contribution >= 4 is 43.2 Å². The minimum Gasteiger partial charge on any atom is -0.353 e. The van der Waals surface area contributed by atoms with E-state index in [4.69, 9.17) is 0 Å². The van der Waals surface area contributed by atoms with Crippen LogP contribution < -0.4 is 5.32 Å². The molecule has 6 aromatic rings. The largest absolute Gasteiger partial charge is 0.353 e. The molecule has 1 amide bonds. The number of hydrogen-bond donors (Lipinski definition) is 3. The van der Waals surface area contributed by atoms with E-state index in [1.165, 1.54) is 18.4 Å². The van der Waals surface area contributed by atoms with Gasteiger partial charge in [-0.25, -0.2) is 12.8 Å². The van der Waals surface area contributed by atoms with Crippen molar-refractivity contribution in [3.05, 3.63) is 84.6 Å². The summed E-state index contributed by atoms with van der Waals surface area (Å²) >= 11 is 0. The highest BCUT2D eigenvalue weighted by Gasteiger charge is 2.23. The van der Waals surface area contributed by atoms with E-state index in [1.54, 1.807) is 24.7 Å². The number of carbonyl (C=O) groups excluding carboxylic acids is 1. The first kappa shape index (κ1) is 28.8. The van der Waals surface area contributed by atoms with E-state index in [1.807, 2.05) is 36.4 Å². The van der Waals surface area contributed by atoms with Crippen LogP contribution in [0.1, 0.15) is 31.2 Å². The molecular weight excluding hydrogens is 591 g/mol. The van der Waals surface area contributed by atoms with Crippen LogP contribution in [-0.4, -0.2) is 51.5 Å². The number of aromatic nitrogens is 5. The molecule has 228 valence electrons. The van der Waals surface area contributed by atoms with Gasteiger partial charge < -0.3 is 10.3 Å². The van der Waals surface area contributed by atoms with Crippen LogP contribution in [0, 0.1) is 11.7 Å². The average molecular weight is 623 g/mol. The molecule has 0 aliphatic heterocycles. The van der Waals surface area contributed by atoms with Gasteiger partial charge in [-0.2, -0.15) is 5.10 Å². The maximum Gasteiger partial charge on any atom is 0.227 e.